The van der Waals surface area contributed by atoms with Gasteiger partial charge in [0.2, 0.25) is 0 Å². The van der Waals surface area contributed by atoms with Crippen LogP contribution < -0.4 is 10.9 Å². The lowest BCUT2D eigenvalue weighted by Crippen LogP contribution is -3.00. The zero-order valence-corrected chi connectivity index (χ0v) is 20.9. The lowest BCUT2D eigenvalue weighted by atomic mass is 9.07. The van der Waals surface area contributed by atoms with Crippen LogP contribution in [0.5, 0.6) is 0 Å². The van der Waals surface area contributed by atoms with Gasteiger partial charge in [0, 0.05) is 24.5 Å². The van der Waals surface area contributed by atoms with Crippen LogP contribution in [-0.4, -0.2) is 29.3 Å². The zero-order chi connectivity index (χ0) is 28.2. The average Bonchev–Trinajstić information content (AvgIpc) is 3.45. The van der Waals surface area contributed by atoms with E-state index >= 15 is 17.6 Å². The molecule has 0 amide bonds. The molecule has 1 nitrogen and oxygen atoms in total. The number of quaternary nitrogens is 1. The molecule has 39 heavy (non-hydrogen) atoms. The summed E-state index contributed by atoms with van der Waals surface area (Å²) in [6.07, 6.45) is 1.55. The fourth-order valence-electron chi connectivity index (χ4n) is 9.66. The molecule has 210 valence electrons. The third-order valence-corrected chi connectivity index (χ3v) is 10.6. The second kappa shape index (κ2) is 8.50. The maximum Gasteiger partial charge on any atom is 0.288 e. The Bertz CT molecular complexity index is 1320. The first-order valence-electron chi connectivity index (χ1n) is 13.1. The molecule has 0 radical (unpaired) electrons. The van der Waals surface area contributed by atoms with E-state index in [1.165, 1.54) is 6.08 Å². The van der Waals surface area contributed by atoms with Gasteiger partial charge in [0.1, 0.15) is 23.3 Å². The van der Waals surface area contributed by atoms with Crippen LogP contribution in [-0.2, 0) is 0 Å². The summed E-state index contributed by atoms with van der Waals surface area (Å²) in [4.78, 5) is 0. The normalized spacial score (nSPS) is 28.6. The minimum absolute atomic E-state index is 0.0406. The molecule has 2 saturated heterocycles. The van der Waals surface area contributed by atoms with Crippen LogP contribution in [0.1, 0.15) is 51.9 Å². The molecule has 12 heteroatoms. The molecule has 1 saturated carbocycles. The molecule has 0 N–H and O–H groups in total. The summed E-state index contributed by atoms with van der Waals surface area (Å²) < 4.78 is 150. The Kier molecular flexibility index (Phi) is 5.82. The second-order valence-electron chi connectivity index (χ2n) is 11.7. The minimum atomic E-state index is -3.84. The van der Waals surface area contributed by atoms with E-state index in [9.17, 15) is 26.3 Å². The summed E-state index contributed by atoms with van der Waals surface area (Å²) in [5, 5.41) is 0. The summed E-state index contributed by atoms with van der Waals surface area (Å²) >= 11 is 0. The summed E-state index contributed by atoms with van der Waals surface area (Å²) in [5.41, 5.74) is -3.21. The fourth-order valence-corrected chi connectivity index (χ4v) is 9.66. The van der Waals surface area contributed by atoms with Gasteiger partial charge in [-0.2, -0.15) is 0 Å². The van der Waals surface area contributed by atoms with Gasteiger partial charge in [-0.15, -0.1) is 6.08 Å². The zero-order valence-electron chi connectivity index (χ0n) is 20.9. The topological polar surface area (TPSA) is 0 Å². The lowest BCUT2D eigenvalue weighted by molar-refractivity contribution is -0.909. The number of halogens is 10. The van der Waals surface area contributed by atoms with Crippen molar-refractivity contribution in [2.75, 3.05) is 13.1 Å². The molecule has 2 aliphatic carbocycles. The van der Waals surface area contributed by atoms with Gasteiger partial charge >= 0.3 is 0 Å². The number of rotatable bonds is 2. The molecule has 6 rings (SSSR count). The SMILES string of the molecule is CC1=C[C@H]2[B-](c3c(F)c(F)c(F)c(F)c3F)(c3c(F)c(F)c(F)c(F)c3F)[N+]3(CCCC3)[C@]23CCCC[C@@H]3C1. The quantitative estimate of drug-likeness (QED) is 0.130. The van der Waals surface area contributed by atoms with Crippen LogP contribution in [0.3, 0.4) is 0 Å². The van der Waals surface area contributed by atoms with Crippen molar-refractivity contribution in [3.63, 3.8) is 0 Å². The van der Waals surface area contributed by atoms with Gasteiger partial charge in [0.05, 0.1) is 0 Å². The third-order valence-electron chi connectivity index (χ3n) is 10.6. The highest BCUT2D eigenvalue weighted by molar-refractivity contribution is 7.00. The van der Waals surface area contributed by atoms with Crippen molar-refractivity contribution in [1.29, 1.82) is 0 Å². The van der Waals surface area contributed by atoms with E-state index in [-0.39, 0.29) is 19.0 Å². The van der Waals surface area contributed by atoms with Crippen LogP contribution in [0.15, 0.2) is 11.6 Å². The highest BCUT2D eigenvalue weighted by Gasteiger charge is 2.81. The van der Waals surface area contributed by atoms with Gasteiger partial charge in [-0.1, -0.05) is 22.9 Å². The van der Waals surface area contributed by atoms with Gasteiger partial charge in [-0.05, 0) is 51.3 Å². The first kappa shape index (κ1) is 26.7. The van der Waals surface area contributed by atoms with Crippen molar-refractivity contribution in [1.82, 2.24) is 0 Å². The first-order chi connectivity index (χ1) is 18.4. The van der Waals surface area contributed by atoms with E-state index in [1.54, 1.807) is 6.92 Å². The number of allylic oxidation sites excluding steroid dienone is 1. The molecule has 2 aliphatic heterocycles. The summed E-state index contributed by atoms with van der Waals surface area (Å²) in [7, 11) is 0. The summed E-state index contributed by atoms with van der Waals surface area (Å²) in [6, 6.07) is 0. The van der Waals surface area contributed by atoms with Crippen molar-refractivity contribution < 1.29 is 48.3 Å². The van der Waals surface area contributed by atoms with E-state index in [2.05, 4.69) is 0 Å². The Labute approximate surface area is 218 Å². The molecular formula is C27H24BF10N. The maximum absolute atomic E-state index is 15.8. The van der Waals surface area contributed by atoms with Crippen LogP contribution in [0.25, 0.3) is 0 Å². The average molecular weight is 563 g/mol. The molecule has 0 unspecified atom stereocenters. The van der Waals surface area contributed by atoms with Crippen molar-refractivity contribution in [3.8, 4) is 0 Å². The van der Waals surface area contributed by atoms with Gasteiger partial charge in [0.25, 0.3) is 6.28 Å². The highest BCUT2D eigenvalue weighted by Crippen LogP contribution is 2.70. The number of hydrogen-bond donors (Lipinski definition) is 0. The second-order valence-corrected chi connectivity index (χ2v) is 11.7. The molecule has 2 aromatic rings. The Morgan fingerprint density at radius 2 is 1.08 bits per heavy atom. The number of hydrogen-bond acceptors (Lipinski definition) is 0. The van der Waals surface area contributed by atoms with Crippen molar-refractivity contribution >= 4 is 17.2 Å². The largest absolute Gasteiger partial charge is 0.504 e. The van der Waals surface area contributed by atoms with Gasteiger partial charge in [-0.3, -0.25) is 0 Å². The van der Waals surface area contributed by atoms with E-state index in [0.717, 1.165) is 6.42 Å². The monoisotopic (exact) mass is 563 g/mol. The summed E-state index contributed by atoms with van der Waals surface area (Å²) in [6.45, 7) is 1.76. The Morgan fingerprint density at radius 3 is 1.54 bits per heavy atom. The van der Waals surface area contributed by atoms with Crippen LogP contribution >= 0.6 is 0 Å². The van der Waals surface area contributed by atoms with Gasteiger partial charge in [-0.25, -0.2) is 43.9 Å². The van der Waals surface area contributed by atoms with Crippen LogP contribution in [0.2, 0.25) is 5.82 Å². The van der Waals surface area contributed by atoms with E-state index in [1.807, 2.05) is 0 Å². The van der Waals surface area contributed by atoms with Gasteiger partial charge in [0.15, 0.2) is 34.9 Å². The molecule has 2 heterocycles. The number of benzene rings is 2. The van der Waals surface area contributed by atoms with Crippen LogP contribution in [0.4, 0.5) is 43.9 Å². The Morgan fingerprint density at radius 1 is 0.641 bits per heavy atom. The number of nitrogens with zero attached hydrogens (tertiary/aromatic N) is 1. The van der Waals surface area contributed by atoms with Crippen LogP contribution in [0, 0.1) is 64.1 Å². The molecule has 2 aromatic carbocycles. The molecule has 0 aromatic heterocycles. The van der Waals surface area contributed by atoms with Crippen molar-refractivity contribution in [2.45, 2.75) is 63.2 Å². The van der Waals surface area contributed by atoms with E-state index in [4.69, 9.17) is 0 Å². The fraction of sp³-hybridized carbons (Fsp3) is 0.481. The molecule has 3 fully saturated rings. The molecular weight excluding hydrogens is 539 g/mol. The van der Waals surface area contributed by atoms with E-state index < -0.39 is 91.1 Å². The lowest BCUT2D eigenvalue weighted by Gasteiger charge is -2.86. The predicted octanol–water partition coefficient (Wildman–Crippen LogP) is 6.41. The summed E-state index contributed by atoms with van der Waals surface area (Å²) in [5.74, 6) is -24.9. The third kappa shape index (κ3) is 2.84. The van der Waals surface area contributed by atoms with Crippen molar-refractivity contribution in [2.24, 2.45) is 5.92 Å². The molecule has 3 atom stereocenters. The molecule has 4 aliphatic rings. The first-order valence-corrected chi connectivity index (χ1v) is 13.1. The minimum Gasteiger partial charge on any atom is -0.504 e. The highest BCUT2D eigenvalue weighted by atomic mass is 19.2. The Hall–Kier alpha value is -2.50. The smallest absolute Gasteiger partial charge is 0.288 e. The molecule has 0 bridgehead atoms. The maximum atomic E-state index is 15.8. The van der Waals surface area contributed by atoms with E-state index in [0.29, 0.717) is 44.1 Å². The Balaban J connectivity index is 1.86. The standard InChI is InChI=1S/C27H24BF10N/c1-12-10-13-6-2-3-7-27(13)14(11-12)28(39(27)8-4-5-9-39,15-17(29)21(33)25(37)22(34)18(15)30)16-19(31)23(35)26(38)24(36)20(16)32/h11,13-14H,2-10H2,1H3/t13-,14-,27+/m1/s1. The predicted molar refractivity (Wildman–Crippen MR) is 124 cm³/mol. The molecule has 2 spiro atoms. The van der Waals surface area contributed by atoms with Crippen molar-refractivity contribution in [3.05, 3.63) is 69.8 Å². The van der Waals surface area contributed by atoms with Gasteiger partial charge < -0.3 is 4.39 Å².